The lowest BCUT2D eigenvalue weighted by Gasteiger charge is -2.24. The molecule has 0 spiro atoms. The first-order valence-electron chi connectivity index (χ1n) is 3.53. The Morgan fingerprint density at radius 1 is 1.82 bits per heavy atom. The van der Waals surface area contributed by atoms with Crippen LogP contribution in [-0.2, 0) is 9.53 Å². The number of hydrogen-bond donors (Lipinski definition) is 2. The lowest BCUT2D eigenvalue weighted by atomic mass is 9.95. The van der Waals surface area contributed by atoms with Crippen LogP contribution in [0.5, 0.6) is 0 Å². The summed E-state index contributed by atoms with van der Waals surface area (Å²) >= 11 is 0. The molecule has 1 aliphatic heterocycles. The van der Waals surface area contributed by atoms with Crippen molar-refractivity contribution in [3.05, 3.63) is 0 Å². The van der Waals surface area contributed by atoms with Crippen molar-refractivity contribution in [3.63, 3.8) is 0 Å². The van der Waals surface area contributed by atoms with Crippen molar-refractivity contribution in [3.8, 4) is 0 Å². The molecule has 0 aromatic rings. The number of ether oxygens (including phenoxy) is 1. The van der Waals surface area contributed by atoms with Crippen LogP contribution in [0, 0.1) is 0 Å². The van der Waals surface area contributed by atoms with Gasteiger partial charge in [0.1, 0.15) is 5.60 Å². The predicted molar refractivity (Wildman–Crippen MR) is 36.8 cm³/mol. The van der Waals surface area contributed by atoms with E-state index in [1.165, 1.54) is 13.8 Å². The number of hydrogen-bond acceptors (Lipinski definition) is 4. The van der Waals surface area contributed by atoms with Crippen LogP contribution in [0.3, 0.4) is 0 Å². The minimum absolute atomic E-state index is 0.0391. The zero-order chi connectivity index (χ0) is 8.65. The summed E-state index contributed by atoms with van der Waals surface area (Å²) in [4.78, 5) is 10.7. The standard InChI is InChI=1S/C7H12O4/c1-4(8)6-7(2,10)3-5(9)11-6/h4,6,8,10H,3H2,1-2H3. The van der Waals surface area contributed by atoms with Crippen LogP contribution in [0.1, 0.15) is 20.3 Å². The minimum atomic E-state index is -1.22. The van der Waals surface area contributed by atoms with E-state index in [0.29, 0.717) is 0 Å². The van der Waals surface area contributed by atoms with E-state index in [0.717, 1.165) is 0 Å². The first-order chi connectivity index (χ1) is 4.93. The Labute approximate surface area is 64.8 Å². The molecule has 0 bridgehead atoms. The molecule has 0 aromatic heterocycles. The molecule has 3 unspecified atom stereocenters. The predicted octanol–water partition coefficient (Wildman–Crippen LogP) is -0.566. The van der Waals surface area contributed by atoms with Crippen LogP contribution in [0.2, 0.25) is 0 Å². The molecule has 64 valence electrons. The van der Waals surface area contributed by atoms with E-state index in [-0.39, 0.29) is 6.42 Å². The number of aliphatic hydroxyl groups excluding tert-OH is 1. The number of carbonyl (C=O) groups excluding carboxylic acids is 1. The zero-order valence-corrected chi connectivity index (χ0v) is 6.57. The second-order valence-corrected chi connectivity index (χ2v) is 3.19. The molecular weight excluding hydrogens is 148 g/mol. The van der Waals surface area contributed by atoms with Crippen LogP contribution >= 0.6 is 0 Å². The minimum Gasteiger partial charge on any atom is -0.456 e. The Kier molecular flexibility index (Phi) is 1.90. The third-order valence-corrected chi connectivity index (χ3v) is 1.81. The van der Waals surface area contributed by atoms with Crippen molar-refractivity contribution in [1.29, 1.82) is 0 Å². The lowest BCUT2D eigenvalue weighted by molar-refractivity contribution is -0.148. The van der Waals surface area contributed by atoms with Gasteiger partial charge in [-0.1, -0.05) is 0 Å². The summed E-state index contributed by atoms with van der Waals surface area (Å²) in [6.07, 6.45) is -1.64. The van der Waals surface area contributed by atoms with E-state index in [9.17, 15) is 9.90 Å². The summed E-state index contributed by atoms with van der Waals surface area (Å²) in [7, 11) is 0. The van der Waals surface area contributed by atoms with E-state index in [1.807, 2.05) is 0 Å². The number of esters is 1. The molecule has 0 saturated carbocycles. The summed E-state index contributed by atoms with van der Waals surface area (Å²) in [6, 6.07) is 0. The number of aliphatic hydroxyl groups is 2. The quantitative estimate of drug-likeness (QED) is 0.504. The Bertz CT molecular complexity index is 173. The summed E-state index contributed by atoms with van der Waals surface area (Å²) in [5.74, 6) is -0.457. The molecule has 1 rings (SSSR count). The number of carbonyl (C=O) groups is 1. The van der Waals surface area contributed by atoms with Crippen molar-refractivity contribution >= 4 is 5.97 Å². The van der Waals surface area contributed by atoms with E-state index in [2.05, 4.69) is 0 Å². The van der Waals surface area contributed by atoms with Crippen LogP contribution in [0.4, 0.5) is 0 Å². The van der Waals surface area contributed by atoms with Gasteiger partial charge in [-0.05, 0) is 13.8 Å². The molecule has 0 aliphatic carbocycles. The highest BCUT2D eigenvalue weighted by molar-refractivity contribution is 5.73. The van der Waals surface area contributed by atoms with E-state index in [4.69, 9.17) is 9.84 Å². The topological polar surface area (TPSA) is 66.8 Å². The first-order valence-corrected chi connectivity index (χ1v) is 3.53. The van der Waals surface area contributed by atoms with Crippen LogP contribution in [0.15, 0.2) is 0 Å². The molecule has 0 amide bonds. The Balaban J connectivity index is 2.74. The molecule has 1 aliphatic rings. The molecule has 11 heavy (non-hydrogen) atoms. The summed E-state index contributed by atoms with van der Waals surface area (Å²) < 4.78 is 4.70. The average molecular weight is 160 g/mol. The van der Waals surface area contributed by atoms with Crippen molar-refractivity contribution in [2.45, 2.75) is 38.1 Å². The van der Waals surface area contributed by atoms with Gasteiger partial charge in [0.2, 0.25) is 0 Å². The van der Waals surface area contributed by atoms with Gasteiger partial charge in [-0.2, -0.15) is 0 Å². The third-order valence-electron chi connectivity index (χ3n) is 1.81. The molecule has 1 saturated heterocycles. The molecule has 1 fully saturated rings. The highest BCUT2D eigenvalue weighted by Crippen LogP contribution is 2.28. The van der Waals surface area contributed by atoms with Gasteiger partial charge in [-0.15, -0.1) is 0 Å². The molecular formula is C7H12O4. The Morgan fingerprint density at radius 3 is 2.55 bits per heavy atom. The molecule has 2 N–H and O–H groups in total. The van der Waals surface area contributed by atoms with E-state index >= 15 is 0 Å². The van der Waals surface area contributed by atoms with E-state index < -0.39 is 23.8 Å². The maximum Gasteiger partial charge on any atom is 0.309 e. The van der Waals surface area contributed by atoms with Crippen LogP contribution < -0.4 is 0 Å². The van der Waals surface area contributed by atoms with Gasteiger partial charge in [-0.3, -0.25) is 4.79 Å². The van der Waals surface area contributed by atoms with Crippen molar-refractivity contribution in [2.24, 2.45) is 0 Å². The SMILES string of the molecule is CC(O)C1OC(=O)CC1(C)O. The smallest absolute Gasteiger partial charge is 0.309 e. The fourth-order valence-corrected chi connectivity index (χ4v) is 1.32. The second kappa shape index (κ2) is 2.46. The Morgan fingerprint density at radius 2 is 2.36 bits per heavy atom. The van der Waals surface area contributed by atoms with Gasteiger partial charge in [0.25, 0.3) is 0 Å². The maximum absolute atomic E-state index is 10.7. The molecule has 3 atom stereocenters. The molecule has 4 heteroatoms. The van der Waals surface area contributed by atoms with Gasteiger partial charge in [-0.25, -0.2) is 0 Å². The molecule has 1 heterocycles. The molecule has 0 radical (unpaired) electrons. The fourth-order valence-electron chi connectivity index (χ4n) is 1.32. The molecule has 0 aromatic carbocycles. The number of cyclic esters (lactones) is 1. The van der Waals surface area contributed by atoms with Crippen molar-refractivity contribution in [2.75, 3.05) is 0 Å². The van der Waals surface area contributed by atoms with Gasteiger partial charge >= 0.3 is 5.97 Å². The largest absolute Gasteiger partial charge is 0.456 e. The summed E-state index contributed by atoms with van der Waals surface area (Å²) in [5.41, 5.74) is -1.22. The highest BCUT2D eigenvalue weighted by Gasteiger charge is 2.46. The van der Waals surface area contributed by atoms with Gasteiger partial charge < -0.3 is 14.9 Å². The van der Waals surface area contributed by atoms with Crippen LogP contribution in [0.25, 0.3) is 0 Å². The maximum atomic E-state index is 10.7. The lowest BCUT2D eigenvalue weighted by Crippen LogP contribution is -2.41. The normalized spacial score (nSPS) is 40.4. The van der Waals surface area contributed by atoms with Crippen molar-refractivity contribution < 1.29 is 19.7 Å². The Hall–Kier alpha value is -0.610. The fraction of sp³-hybridized carbons (Fsp3) is 0.857. The van der Waals surface area contributed by atoms with E-state index in [1.54, 1.807) is 0 Å². The van der Waals surface area contributed by atoms with Crippen LogP contribution in [-0.4, -0.2) is 34.0 Å². The molecule has 4 nitrogen and oxygen atoms in total. The second-order valence-electron chi connectivity index (χ2n) is 3.19. The van der Waals surface area contributed by atoms with Gasteiger partial charge in [0.05, 0.1) is 12.5 Å². The first kappa shape index (κ1) is 8.49. The van der Waals surface area contributed by atoms with Gasteiger partial charge in [0, 0.05) is 0 Å². The zero-order valence-electron chi connectivity index (χ0n) is 6.57. The highest BCUT2D eigenvalue weighted by atomic mass is 16.6. The third kappa shape index (κ3) is 1.52. The van der Waals surface area contributed by atoms with Crippen molar-refractivity contribution in [1.82, 2.24) is 0 Å². The average Bonchev–Trinajstić information content (AvgIpc) is 2.04. The monoisotopic (exact) mass is 160 g/mol. The number of rotatable bonds is 1. The van der Waals surface area contributed by atoms with Gasteiger partial charge in [0.15, 0.2) is 6.10 Å². The summed E-state index contributed by atoms with van der Waals surface area (Å²) in [6.45, 7) is 2.97. The summed E-state index contributed by atoms with van der Waals surface area (Å²) in [5, 5.41) is 18.6.